The number of hydrogen-bond donors (Lipinski definition) is 1. The molecule has 1 heterocycles. The summed E-state index contributed by atoms with van der Waals surface area (Å²) in [6.07, 6.45) is 2.09. The molecule has 1 unspecified atom stereocenters. The zero-order valence-electron chi connectivity index (χ0n) is 10.2. The van der Waals surface area contributed by atoms with Crippen molar-refractivity contribution in [3.63, 3.8) is 0 Å². The van der Waals surface area contributed by atoms with Gasteiger partial charge in [-0.15, -0.1) is 0 Å². The molecule has 1 N–H and O–H groups in total. The topological polar surface area (TPSA) is 42.7 Å². The first-order valence-electron chi connectivity index (χ1n) is 5.57. The molecule has 0 aliphatic carbocycles. The number of nitrogens with zero attached hydrogens (tertiary/aromatic N) is 3. The zero-order chi connectivity index (χ0) is 13.1. The number of aryl methyl sites for hydroxylation is 1. The number of likely N-dealkylation sites (N-methyl/N-ethyl adjacent to an activating group) is 1. The molecular weight excluding hydrogens is 299 g/mol. The second-order valence-corrected chi connectivity index (χ2v) is 4.93. The van der Waals surface area contributed by atoms with Crippen LogP contribution in [0.25, 0.3) is 0 Å². The molecule has 1 atom stereocenters. The van der Waals surface area contributed by atoms with E-state index in [2.05, 4.69) is 31.3 Å². The average Bonchev–Trinajstić information content (AvgIpc) is 2.73. The van der Waals surface area contributed by atoms with Crippen LogP contribution in [0.15, 0.2) is 29.0 Å². The highest BCUT2D eigenvalue weighted by Crippen LogP contribution is 2.23. The maximum Gasteiger partial charge on any atom is 0.138 e. The van der Waals surface area contributed by atoms with Gasteiger partial charge in [-0.3, -0.25) is 4.68 Å². The van der Waals surface area contributed by atoms with E-state index in [4.69, 9.17) is 0 Å². The lowest BCUT2D eigenvalue weighted by atomic mass is 10.0. The fourth-order valence-corrected chi connectivity index (χ4v) is 2.17. The van der Waals surface area contributed by atoms with E-state index in [9.17, 15) is 4.39 Å². The summed E-state index contributed by atoms with van der Waals surface area (Å²) in [5.74, 6) is 0.586. The quantitative estimate of drug-likeness (QED) is 0.941. The summed E-state index contributed by atoms with van der Waals surface area (Å²) in [6.45, 7) is 0. The van der Waals surface area contributed by atoms with Gasteiger partial charge in [-0.05, 0) is 19.2 Å². The molecule has 1 aromatic heterocycles. The van der Waals surface area contributed by atoms with Crippen molar-refractivity contribution in [1.82, 2.24) is 20.1 Å². The summed E-state index contributed by atoms with van der Waals surface area (Å²) >= 11 is 3.25. The number of hydrogen-bond acceptors (Lipinski definition) is 3. The summed E-state index contributed by atoms with van der Waals surface area (Å²) < 4.78 is 16.3. The molecule has 2 rings (SSSR count). The van der Waals surface area contributed by atoms with Crippen molar-refractivity contribution in [2.75, 3.05) is 7.05 Å². The van der Waals surface area contributed by atoms with E-state index >= 15 is 0 Å². The Labute approximate surface area is 113 Å². The van der Waals surface area contributed by atoms with Crippen LogP contribution in [0.4, 0.5) is 4.39 Å². The van der Waals surface area contributed by atoms with Gasteiger partial charge in [0, 0.05) is 29.5 Å². The molecule has 6 heteroatoms. The van der Waals surface area contributed by atoms with Crippen molar-refractivity contribution in [3.05, 3.63) is 46.2 Å². The molecule has 0 saturated heterocycles. The van der Waals surface area contributed by atoms with Crippen molar-refractivity contribution >= 4 is 15.9 Å². The van der Waals surface area contributed by atoms with Gasteiger partial charge >= 0.3 is 0 Å². The molecule has 0 spiro atoms. The minimum atomic E-state index is -0.231. The van der Waals surface area contributed by atoms with E-state index < -0.39 is 0 Å². The SMILES string of the molecule is CNC(Cc1ncnn1C)c1ccc(Br)cc1F. The normalized spacial score (nSPS) is 12.7. The molecule has 0 amide bonds. The number of halogens is 2. The second-order valence-electron chi connectivity index (χ2n) is 4.01. The molecule has 18 heavy (non-hydrogen) atoms. The minimum absolute atomic E-state index is 0.124. The predicted molar refractivity (Wildman–Crippen MR) is 70.6 cm³/mol. The fourth-order valence-electron chi connectivity index (χ4n) is 1.84. The Morgan fingerprint density at radius 1 is 1.50 bits per heavy atom. The van der Waals surface area contributed by atoms with Crippen LogP contribution in [0, 0.1) is 5.82 Å². The summed E-state index contributed by atoms with van der Waals surface area (Å²) in [4.78, 5) is 4.16. The van der Waals surface area contributed by atoms with E-state index in [0.29, 0.717) is 12.0 Å². The molecule has 0 saturated carbocycles. The Bertz CT molecular complexity index is 541. The van der Waals surface area contributed by atoms with Gasteiger partial charge in [-0.25, -0.2) is 9.37 Å². The third kappa shape index (κ3) is 2.76. The highest BCUT2D eigenvalue weighted by atomic mass is 79.9. The molecule has 0 fully saturated rings. The fraction of sp³-hybridized carbons (Fsp3) is 0.333. The molecular formula is C12H14BrFN4. The Hall–Kier alpha value is -1.27. The molecule has 4 nitrogen and oxygen atoms in total. The van der Waals surface area contributed by atoms with Crippen LogP contribution >= 0.6 is 15.9 Å². The Balaban J connectivity index is 2.26. The molecule has 2 aromatic rings. The number of aromatic nitrogens is 3. The minimum Gasteiger partial charge on any atom is -0.313 e. The lowest BCUT2D eigenvalue weighted by Gasteiger charge is -2.17. The first kappa shape index (κ1) is 13.2. The van der Waals surface area contributed by atoms with Crippen molar-refractivity contribution < 1.29 is 4.39 Å². The first-order chi connectivity index (χ1) is 8.61. The van der Waals surface area contributed by atoms with Crippen molar-refractivity contribution in [2.24, 2.45) is 7.05 Å². The monoisotopic (exact) mass is 312 g/mol. The molecule has 0 aliphatic heterocycles. The van der Waals surface area contributed by atoms with E-state index in [1.54, 1.807) is 10.7 Å². The standard InChI is InChI=1S/C12H14BrFN4/c1-15-11(6-12-16-7-17-18(12)2)9-4-3-8(13)5-10(9)14/h3-5,7,11,15H,6H2,1-2H3. The van der Waals surface area contributed by atoms with Crippen LogP contribution in [0.5, 0.6) is 0 Å². The van der Waals surface area contributed by atoms with Gasteiger partial charge in [0.2, 0.25) is 0 Å². The Kier molecular flexibility index (Phi) is 4.08. The van der Waals surface area contributed by atoms with Crippen molar-refractivity contribution in [3.8, 4) is 0 Å². The zero-order valence-corrected chi connectivity index (χ0v) is 11.8. The average molecular weight is 313 g/mol. The van der Waals surface area contributed by atoms with Crippen LogP contribution in [0.2, 0.25) is 0 Å². The van der Waals surface area contributed by atoms with Crippen LogP contribution in [0.1, 0.15) is 17.4 Å². The van der Waals surface area contributed by atoms with Gasteiger partial charge in [0.15, 0.2) is 0 Å². The Morgan fingerprint density at radius 2 is 2.28 bits per heavy atom. The molecule has 96 valence electrons. The Morgan fingerprint density at radius 3 is 2.83 bits per heavy atom. The number of nitrogens with one attached hydrogen (secondary N) is 1. The predicted octanol–water partition coefficient (Wildman–Crippen LogP) is 2.22. The van der Waals surface area contributed by atoms with Crippen LogP contribution in [-0.4, -0.2) is 21.8 Å². The lowest BCUT2D eigenvalue weighted by molar-refractivity contribution is 0.514. The lowest BCUT2D eigenvalue weighted by Crippen LogP contribution is -2.21. The van der Waals surface area contributed by atoms with E-state index in [0.717, 1.165) is 10.3 Å². The van der Waals surface area contributed by atoms with Crippen LogP contribution in [0.3, 0.4) is 0 Å². The van der Waals surface area contributed by atoms with Gasteiger partial charge in [0.1, 0.15) is 18.0 Å². The van der Waals surface area contributed by atoms with Crippen molar-refractivity contribution in [1.29, 1.82) is 0 Å². The van der Waals surface area contributed by atoms with Gasteiger partial charge in [0.05, 0.1) is 0 Å². The third-order valence-electron chi connectivity index (χ3n) is 2.88. The van der Waals surface area contributed by atoms with E-state index in [1.807, 2.05) is 20.2 Å². The third-order valence-corrected chi connectivity index (χ3v) is 3.37. The number of rotatable bonds is 4. The summed E-state index contributed by atoms with van der Waals surface area (Å²) in [6, 6.07) is 4.95. The maximum atomic E-state index is 13.9. The maximum absolute atomic E-state index is 13.9. The highest BCUT2D eigenvalue weighted by molar-refractivity contribution is 9.10. The van der Waals surface area contributed by atoms with E-state index in [1.165, 1.54) is 12.4 Å². The molecule has 0 radical (unpaired) electrons. The van der Waals surface area contributed by atoms with Crippen molar-refractivity contribution in [2.45, 2.75) is 12.5 Å². The largest absolute Gasteiger partial charge is 0.313 e. The van der Waals surface area contributed by atoms with E-state index in [-0.39, 0.29) is 11.9 Å². The van der Waals surface area contributed by atoms with Crippen LogP contribution in [-0.2, 0) is 13.5 Å². The molecule has 0 aliphatic rings. The molecule has 0 bridgehead atoms. The summed E-state index contributed by atoms with van der Waals surface area (Å²) in [5, 5.41) is 7.12. The summed E-state index contributed by atoms with van der Waals surface area (Å²) in [7, 11) is 3.63. The van der Waals surface area contributed by atoms with Gasteiger partial charge in [0.25, 0.3) is 0 Å². The first-order valence-corrected chi connectivity index (χ1v) is 6.36. The summed E-state index contributed by atoms with van der Waals surface area (Å²) in [5.41, 5.74) is 0.628. The van der Waals surface area contributed by atoms with Gasteiger partial charge < -0.3 is 5.32 Å². The number of benzene rings is 1. The van der Waals surface area contributed by atoms with Gasteiger partial charge in [-0.1, -0.05) is 22.0 Å². The highest BCUT2D eigenvalue weighted by Gasteiger charge is 2.17. The van der Waals surface area contributed by atoms with Crippen LogP contribution < -0.4 is 5.32 Å². The van der Waals surface area contributed by atoms with Gasteiger partial charge in [-0.2, -0.15) is 5.10 Å². The second kappa shape index (κ2) is 5.58. The smallest absolute Gasteiger partial charge is 0.138 e. The molecule has 1 aromatic carbocycles.